The number of alkyl halides is 3. The lowest BCUT2D eigenvalue weighted by atomic mass is 10.1. The molecule has 0 aliphatic carbocycles. The molecule has 1 fully saturated rings. The highest BCUT2D eigenvalue weighted by molar-refractivity contribution is 5.93. The van der Waals surface area contributed by atoms with Crippen LogP contribution >= 0.6 is 0 Å². The van der Waals surface area contributed by atoms with Crippen molar-refractivity contribution >= 4 is 17.5 Å². The zero-order valence-corrected chi connectivity index (χ0v) is 17.8. The number of halogens is 3. The molecule has 1 heterocycles. The maximum atomic E-state index is 12.9. The molecule has 2 aromatic carbocycles. The molecular weight excluding hydrogens is 409 g/mol. The lowest BCUT2D eigenvalue weighted by Crippen LogP contribution is -2.31. The van der Waals surface area contributed by atoms with Crippen LogP contribution in [-0.2, 0) is 17.5 Å². The summed E-state index contributed by atoms with van der Waals surface area (Å²) >= 11 is 0. The van der Waals surface area contributed by atoms with Crippen molar-refractivity contribution in [3.05, 3.63) is 58.7 Å². The number of aliphatic imine (C=N–C) groups is 1. The van der Waals surface area contributed by atoms with E-state index in [1.54, 1.807) is 19.1 Å². The van der Waals surface area contributed by atoms with Crippen LogP contribution < -0.4 is 4.74 Å². The van der Waals surface area contributed by atoms with E-state index in [0.717, 1.165) is 43.8 Å². The smallest absolute Gasteiger partial charge is 0.416 e. The number of esters is 1. The molecule has 0 saturated carbocycles. The number of carbonyl (C=O) groups is 1. The molecule has 0 N–H and O–H groups in total. The quantitative estimate of drug-likeness (QED) is 0.581. The molecule has 166 valence electrons. The summed E-state index contributed by atoms with van der Waals surface area (Å²) in [7, 11) is 3.49. The molecule has 0 spiro atoms. The second kappa shape index (κ2) is 9.41. The first-order valence-corrected chi connectivity index (χ1v) is 9.99. The fourth-order valence-corrected chi connectivity index (χ4v) is 3.44. The Labute approximate surface area is 179 Å². The van der Waals surface area contributed by atoms with Crippen molar-refractivity contribution in [1.82, 2.24) is 4.90 Å². The largest absolute Gasteiger partial charge is 0.494 e. The van der Waals surface area contributed by atoms with Crippen LogP contribution in [0.3, 0.4) is 0 Å². The Morgan fingerprint density at radius 1 is 1.19 bits per heavy atom. The van der Waals surface area contributed by atoms with Crippen molar-refractivity contribution in [2.75, 3.05) is 20.7 Å². The summed E-state index contributed by atoms with van der Waals surface area (Å²) in [4.78, 5) is 19.4. The SMILES string of the molecule is COc1cc(C(=O)OCc2cccc(C(F)(F)F)c2)c(C)cc1/N=C1\CCCCN1C. The van der Waals surface area contributed by atoms with Crippen LogP contribution in [0.1, 0.15) is 46.3 Å². The highest BCUT2D eigenvalue weighted by Gasteiger charge is 2.30. The molecular formula is C23H25F3N2O3. The maximum Gasteiger partial charge on any atom is 0.416 e. The second-order valence-electron chi connectivity index (χ2n) is 7.52. The standard InChI is InChI=1S/C23H25F3N2O3/c1-15-11-19(27-21-9-4-5-10-28(21)2)20(30-3)13-18(15)22(29)31-14-16-7-6-8-17(12-16)23(24,25)26/h6-8,11-13H,4-5,9-10,14H2,1-3H3/b27-21+. The van der Waals surface area contributed by atoms with Crippen LogP contribution in [0.15, 0.2) is 41.4 Å². The van der Waals surface area contributed by atoms with Gasteiger partial charge < -0.3 is 14.4 Å². The van der Waals surface area contributed by atoms with Crippen LogP contribution in [-0.4, -0.2) is 37.4 Å². The topological polar surface area (TPSA) is 51.1 Å². The predicted molar refractivity (Wildman–Crippen MR) is 112 cm³/mol. The summed E-state index contributed by atoms with van der Waals surface area (Å²) in [6.45, 7) is 2.44. The fourth-order valence-electron chi connectivity index (χ4n) is 3.44. The number of aryl methyl sites for hydroxylation is 1. The minimum absolute atomic E-state index is 0.260. The summed E-state index contributed by atoms with van der Waals surface area (Å²) in [5.74, 6) is 0.758. The Bertz CT molecular complexity index is 987. The first-order chi connectivity index (χ1) is 14.7. The Morgan fingerprint density at radius 2 is 1.97 bits per heavy atom. The summed E-state index contributed by atoms with van der Waals surface area (Å²) in [6, 6.07) is 8.04. The normalized spacial score (nSPS) is 15.8. The average Bonchev–Trinajstić information content (AvgIpc) is 2.73. The molecule has 0 radical (unpaired) electrons. The molecule has 2 aromatic rings. The molecule has 8 heteroatoms. The van der Waals surface area contributed by atoms with Gasteiger partial charge in [0.2, 0.25) is 0 Å². The van der Waals surface area contributed by atoms with E-state index >= 15 is 0 Å². The lowest BCUT2D eigenvalue weighted by Gasteiger charge is -2.26. The number of carbonyl (C=O) groups excluding carboxylic acids is 1. The van der Waals surface area contributed by atoms with Gasteiger partial charge in [0.05, 0.1) is 18.2 Å². The molecule has 0 atom stereocenters. The molecule has 0 bridgehead atoms. The Balaban J connectivity index is 1.78. The number of nitrogens with zero attached hydrogens (tertiary/aromatic N) is 2. The van der Waals surface area contributed by atoms with E-state index in [9.17, 15) is 18.0 Å². The Hall–Kier alpha value is -3.03. The van der Waals surface area contributed by atoms with E-state index < -0.39 is 17.7 Å². The van der Waals surface area contributed by atoms with Crippen LogP contribution in [0, 0.1) is 6.92 Å². The van der Waals surface area contributed by atoms with Crippen LogP contribution in [0.25, 0.3) is 0 Å². The van der Waals surface area contributed by atoms with Gasteiger partial charge in [-0.05, 0) is 55.2 Å². The number of methoxy groups -OCH3 is 1. The van der Waals surface area contributed by atoms with E-state index in [1.807, 2.05) is 7.05 Å². The number of likely N-dealkylation sites (tertiary alicyclic amines) is 1. The van der Waals surface area contributed by atoms with Crippen molar-refractivity contribution in [2.45, 2.75) is 39.0 Å². The maximum absolute atomic E-state index is 12.9. The first kappa shape index (κ1) is 22.7. The van der Waals surface area contributed by atoms with Gasteiger partial charge in [-0.2, -0.15) is 13.2 Å². The van der Waals surface area contributed by atoms with E-state index in [0.29, 0.717) is 17.0 Å². The highest BCUT2D eigenvalue weighted by Crippen LogP contribution is 2.33. The Kier molecular flexibility index (Phi) is 6.87. The number of piperidine rings is 1. The van der Waals surface area contributed by atoms with Crippen molar-refractivity contribution in [1.29, 1.82) is 0 Å². The van der Waals surface area contributed by atoms with Gasteiger partial charge in [-0.1, -0.05) is 12.1 Å². The number of hydrogen-bond acceptors (Lipinski definition) is 4. The van der Waals surface area contributed by atoms with Gasteiger partial charge >= 0.3 is 12.1 Å². The van der Waals surface area contributed by atoms with Gasteiger partial charge in [-0.15, -0.1) is 0 Å². The Morgan fingerprint density at radius 3 is 2.65 bits per heavy atom. The minimum atomic E-state index is -4.45. The third kappa shape index (κ3) is 5.57. The summed E-state index contributed by atoms with van der Waals surface area (Å²) in [6.07, 6.45) is -1.38. The van der Waals surface area contributed by atoms with E-state index in [-0.39, 0.29) is 17.7 Å². The minimum Gasteiger partial charge on any atom is -0.494 e. The van der Waals surface area contributed by atoms with Crippen molar-refractivity contribution in [3.63, 3.8) is 0 Å². The highest BCUT2D eigenvalue weighted by atomic mass is 19.4. The third-order valence-corrected chi connectivity index (χ3v) is 5.20. The second-order valence-corrected chi connectivity index (χ2v) is 7.52. The number of ether oxygens (including phenoxy) is 2. The summed E-state index contributed by atoms with van der Waals surface area (Å²) in [5, 5.41) is 0. The van der Waals surface area contributed by atoms with E-state index in [4.69, 9.17) is 14.5 Å². The zero-order chi connectivity index (χ0) is 22.6. The molecule has 0 aromatic heterocycles. The van der Waals surface area contributed by atoms with Gasteiger partial charge in [0.15, 0.2) is 0 Å². The lowest BCUT2D eigenvalue weighted by molar-refractivity contribution is -0.137. The summed E-state index contributed by atoms with van der Waals surface area (Å²) < 4.78 is 49.3. The number of benzene rings is 2. The fraction of sp³-hybridized carbons (Fsp3) is 0.391. The third-order valence-electron chi connectivity index (χ3n) is 5.20. The molecule has 0 amide bonds. The van der Waals surface area contributed by atoms with Crippen molar-refractivity contribution < 1.29 is 27.4 Å². The van der Waals surface area contributed by atoms with Gasteiger partial charge in [0.25, 0.3) is 0 Å². The number of rotatable bonds is 5. The van der Waals surface area contributed by atoms with Crippen molar-refractivity contribution in [3.8, 4) is 5.75 Å². The molecule has 1 aliphatic rings. The van der Waals surface area contributed by atoms with Gasteiger partial charge in [-0.3, -0.25) is 0 Å². The molecule has 5 nitrogen and oxygen atoms in total. The van der Waals surface area contributed by atoms with Crippen LogP contribution in [0.5, 0.6) is 5.75 Å². The van der Waals surface area contributed by atoms with Gasteiger partial charge in [0.1, 0.15) is 23.9 Å². The predicted octanol–water partition coefficient (Wildman–Crippen LogP) is 5.53. The molecule has 31 heavy (non-hydrogen) atoms. The number of hydrogen-bond donors (Lipinski definition) is 0. The number of amidine groups is 1. The van der Waals surface area contributed by atoms with Crippen molar-refractivity contribution in [2.24, 2.45) is 4.99 Å². The monoisotopic (exact) mass is 434 g/mol. The van der Waals surface area contributed by atoms with E-state index in [2.05, 4.69) is 4.90 Å². The van der Waals surface area contributed by atoms with Gasteiger partial charge in [0, 0.05) is 20.0 Å². The molecule has 1 saturated heterocycles. The van der Waals surface area contributed by atoms with E-state index in [1.165, 1.54) is 19.2 Å². The van der Waals surface area contributed by atoms with Gasteiger partial charge in [-0.25, -0.2) is 9.79 Å². The first-order valence-electron chi connectivity index (χ1n) is 9.99. The average molecular weight is 434 g/mol. The molecule has 0 unspecified atom stereocenters. The summed E-state index contributed by atoms with van der Waals surface area (Å²) in [5.41, 5.74) is 1.03. The van der Waals surface area contributed by atoms with Crippen LogP contribution in [0.2, 0.25) is 0 Å². The molecule has 3 rings (SSSR count). The zero-order valence-electron chi connectivity index (χ0n) is 17.8. The van der Waals surface area contributed by atoms with Crippen LogP contribution in [0.4, 0.5) is 18.9 Å². The molecule has 1 aliphatic heterocycles.